The predicted octanol–water partition coefficient (Wildman–Crippen LogP) is 1.23. The summed E-state index contributed by atoms with van der Waals surface area (Å²) in [6.07, 6.45) is 1.04. The zero-order chi connectivity index (χ0) is 5.44. The van der Waals surface area contributed by atoms with Gasteiger partial charge in [-0.3, -0.25) is 4.79 Å². The molecule has 0 saturated heterocycles. The Bertz CT molecular complexity index is 96.4. The topological polar surface area (TPSA) is 17.1 Å². The second kappa shape index (κ2) is 1.32. The minimum Gasteiger partial charge on any atom is -0.299 e. The summed E-state index contributed by atoms with van der Waals surface area (Å²) in [7, 11) is 0. The SMILES string of the molecule is CCC1C(=O)C1C. The molecule has 1 saturated carbocycles. The summed E-state index contributed by atoms with van der Waals surface area (Å²) < 4.78 is 0. The van der Waals surface area contributed by atoms with Gasteiger partial charge in [0.15, 0.2) is 0 Å². The molecule has 1 fully saturated rings. The number of carbonyl (C=O) groups excluding carboxylic acids is 1. The lowest BCUT2D eigenvalue weighted by Crippen LogP contribution is -1.70. The highest BCUT2D eigenvalue weighted by atomic mass is 16.1. The van der Waals surface area contributed by atoms with Crippen LogP contribution in [0.2, 0.25) is 0 Å². The van der Waals surface area contributed by atoms with E-state index in [1.807, 2.05) is 6.92 Å². The summed E-state index contributed by atoms with van der Waals surface area (Å²) >= 11 is 0. The van der Waals surface area contributed by atoms with Gasteiger partial charge in [0.25, 0.3) is 0 Å². The van der Waals surface area contributed by atoms with Crippen molar-refractivity contribution in [3.63, 3.8) is 0 Å². The fourth-order valence-corrected chi connectivity index (χ4v) is 0.987. The van der Waals surface area contributed by atoms with Crippen molar-refractivity contribution in [3.05, 3.63) is 0 Å². The van der Waals surface area contributed by atoms with Gasteiger partial charge >= 0.3 is 0 Å². The van der Waals surface area contributed by atoms with Gasteiger partial charge in [0.2, 0.25) is 0 Å². The van der Waals surface area contributed by atoms with E-state index in [-0.39, 0.29) is 0 Å². The second-order valence-electron chi connectivity index (χ2n) is 2.21. The van der Waals surface area contributed by atoms with Crippen molar-refractivity contribution < 1.29 is 4.79 Å². The fraction of sp³-hybridized carbons (Fsp3) is 0.833. The van der Waals surface area contributed by atoms with E-state index in [2.05, 4.69) is 6.92 Å². The third-order valence-corrected chi connectivity index (χ3v) is 1.75. The highest BCUT2D eigenvalue weighted by Crippen LogP contribution is 2.34. The Labute approximate surface area is 43.7 Å². The number of ketones is 1. The van der Waals surface area contributed by atoms with E-state index in [0.717, 1.165) is 6.42 Å². The number of carbonyl (C=O) groups is 1. The van der Waals surface area contributed by atoms with Crippen LogP contribution in [0.25, 0.3) is 0 Å². The van der Waals surface area contributed by atoms with Crippen LogP contribution in [0.15, 0.2) is 0 Å². The molecule has 0 bridgehead atoms. The number of Topliss-reactive ketones (excluding diaryl/α,β-unsaturated/α-hetero) is 1. The van der Waals surface area contributed by atoms with Crippen molar-refractivity contribution in [2.75, 3.05) is 0 Å². The molecule has 7 heavy (non-hydrogen) atoms. The Morgan fingerprint density at radius 1 is 1.71 bits per heavy atom. The molecule has 0 amide bonds. The third kappa shape index (κ3) is 0.561. The van der Waals surface area contributed by atoms with Gasteiger partial charge < -0.3 is 0 Å². The maximum atomic E-state index is 10.4. The molecule has 0 radical (unpaired) electrons. The molecule has 1 heteroatoms. The monoisotopic (exact) mass is 98.1 g/mol. The average Bonchev–Trinajstić information content (AvgIpc) is 2.17. The lowest BCUT2D eigenvalue weighted by atomic mass is 10.3. The molecule has 0 aliphatic heterocycles. The Morgan fingerprint density at radius 3 is 2.14 bits per heavy atom. The van der Waals surface area contributed by atoms with Crippen LogP contribution in [0, 0.1) is 11.8 Å². The molecule has 0 spiro atoms. The van der Waals surface area contributed by atoms with Gasteiger partial charge in [-0.1, -0.05) is 13.8 Å². The lowest BCUT2D eigenvalue weighted by Gasteiger charge is -1.75. The zero-order valence-corrected chi connectivity index (χ0v) is 4.77. The molecule has 0 aromatic heterocycles. The van der Waals surface area contributed by atoms with Crippen molar-refractivity contribution >= 4 is 5.78 Å². The van der Waals surface area contributed by atoms with Crippen LogP contribution >= 0.6 is 0 Å². The van der Waals surface area contributed by atoms with Crippen LogP contribution in [-0.4, -0.2) is 5.78 Å². The minimum absolute atomic E-state index is 0.394. The maximum absolute atomic E-state index is 10.4. The van der Waals surface area contributed by atoms with E-state index in [9.17, 15) is 4.79 Å². The first-order chi connectivity index (χ1) is 3.27. The van der Waals surface area contributed by atoms with Gasteiger partial charge in [-0.05, 0) is 6.42 Å². The van der Waals surface area contributed by atoms with E-state index < -0.39 is 0 Å². The molecule has 2 unspecified atom stereocenters. The summed E-state index contributed by atoms with van der Waals surface area (Å²) in [5, 5.41) is 0. The van der Waals surface area contributed by atoms with Gasteiger partial charge in [0, 0.05) is 11.8 Å². The summed E-state index contributed by atoms with van der Waals surface area (Å²) in [6.45, 7) is 4.06. The summed E-state index contributed by atoms with van der Waals surface area (Å²) in [5.74, 6) is 1.28. The molecule has 0 aromatic rings. The molecule has 1 aliphatic carbocycles. The van der Waals surface area contributed by atoms with Crippen molar-refractivity contribution in [1.82, 2.24) is 0 Å². The smallest absolute Gasteiger partial charge is 0.140 e. The highest BCUT2D eigenvalue weighted by molar-refractivity contribution is 5.98. The zero-order valence-electron chi connectivity index (χ0n) is 4.77. The summed E-state index contributed by atoms with van der Waals surface area (Å²) in [4.78, 5) is 10.4. The van der Waals surface area contributed by atoms with Crippen LogP contribution in [0.1, 0.15) is 20.3 Å². The van der Waals surface area contributed by atoms with E-state index in [0.29, 0.717) is 17.6 Å². The number of hydrogen-bond donors (Lipinski definition) is 0. The Balaban J connectivity index is 2.38. The lowest BCUT2D eigenvalue weighted by molar-refractivity contribution is -0.111. The van der Waals surface area contributed by atoms with Crippen LogP contribution in [0.4, 0.5) is 0 Å². The van der Waals surface area contributed by atoms with Crippen LogP contribution in [0.5, 0.6) is 0 Å². The van der Waals surface area contributed by atoms with Gasteiger partial charge in [0.05, 0.1) is 0 Å². The van der Waals surface area contributed by atoms with Crippen LogP contribution in [0.3, 0.4) is 0 Å². The molecule has 0 N–H and O–H groups in total. The highest BCUT2D eigenvalue weighted by Gasteiger charge is 2.42. The average molecular weight is 98.1 g/mol. The first-order valence-electron chi connectivity index (χ1n) is 2.81. The molecule has 2 atom stereocenters. The van der Waals surface area contributed by atoms with Gasteiger partial charge in [0.1, 0.15) is 5.78 Å². The quantitative estimate of drug-likeness (QED) is 0.482. The molecule has 1 aliphatic rings. The van der Waals surface area contributed by atoms with Crippen molar-refractivity contribution in [3.8, 4) is 0 Å². The van der Waals surface area contributed by atoms with Crippen molar-refractivity contribution in [2.24, 2.45) is 11.8 Å². The molecule has 0 aromatic carbocycles. The minimum atomic E-state index is 0.394. The van der Waals surface area contributed by atoms with E-state index in [1.165, 1.54) is 0 Å². The second-order valence-corrected chi connectivity index (χ2v) is 2.21. The fourth-order valence-electron chi connectivity index (χ4n) is 0.987. The van der Waals surface area contributed by atoms with Crippen LogP contribution < -0.4 is 0 Å². The third-order valence-electron chi connectivity index (χ3n) is 1.75. The first-order valence-corrected chi connectivity index (χ1v) is 2.81. The van der Waals surface area contributed by atoms with E-state index in [4.69, 9.17) is 0 Å². The molecule has 1 nitrogen and oxygen atoms in total. The number of rotatable bonds is 1. The molecule has 40 valence electrons. The molecule has 1 rings (SSSR count). The van der Waals surface area contributed by atoms with E-state index >= 15 is 0 Å². The van der Waals surface area contributed by atoms with Gasteiger partial charge in [-0.2, -0.15) is 0 Å². The van der Waals surface area contributed by atoms with Gasteiger partial charge in [-0.25, -0.2) is 0 Å². The van der Waals surface area contributed by atoms with Gasteiger partial charge in [-0.15, -0.1) is 0 Å². The first kappa shape index (κ1) is 4.82. The Morgan fingerprint density at radius 2 is 2.14 bits per heavy atom. The Hall–Kier alpha value is -0.330. The number of hydrogen-bond acceptors (Lipinski definition) is 1. The molecule has 0 heterocycles. The molecular weight excluding hydrogens is 88.1 g/mol. The largest absolute Gasteiger partial charge is 0.299 e. The van der Waals surface area contributed by atoms with Crippen LogP contribution in [-0.2, 0) is 4.79 Å². The summed E-state index contributed by atoms with van der Waals surface area (Å²) in [6, 6.07) is 0. The normalized spacial score (nSPS) is 38.9. The van der Waals surface area contributed by atoms with Crippen molar-refractivity contribution in [1.29, 1.82) is 0 Å². The molecular formula is C6H10O. The Kier molecular flexibility index (Phi) is 0.911. The van der Waals surface area contributed by atoms with Crippen molar-refractivity contribution in [2.45, 2.75) is 20.3 Å². The predicted molar refractivity (Wildman–Crippen MR) is 28.0 cm³/mol. The van der Waals surface area contributed by atoms with E-state index in [1.54, 1.807) is 0 Å². The summed E-state index contributed by atoms with van der Waals surface area (Å²) in [5.41, 5.74) is 0. The maximum Gasteiger partial charge on any atom is 0.140 e. The standard InChI is InChI=1S/C6H10O/c1-3-5-4(2)6(5)7/h4-5H,3H2,1-2H3.